The van der Waals surface area contributed by atoms with Crippen LogP contribution in [0.25, 0.3) is 17.0 Å². The maximum atomic E-state index is 13.0. The summed E-state index contributed by atoms with van der Waals surface area (Å²) in [5.74, 6) is -0.838. The van der Waals surface area contributed by atoms with Gasteiger partial charge in [0.15, 0.2) is 0 Å². The second-order valence-electron chi connectivity index (χ2n) is 7.36. The van der Waals surface area contributed by atoms with Crippen molar-refractivity contribution in [2.45, 2.75) is 26.4 Å². The van der Waals surface area contributed by atoms with Crippen LogP contribution in [0.1, 0.15) is 23.6 Å². The van der Waals surface area contributed by atoms with Crippen molar-refractivity contribution in [3.63, 3.8) is 0 Å². The Balaban J connectivity index is 1.69. The highest BCUT2D eigenvalue weighted by molar-refractivity contribution is 8.18. The van der Waals surface area contributed by atoms with Crippen molar-refractivity contribution in [1.82, 2.24) is 9.47 Å². The summed E-state index contributed by atoms with van der Waals surface area (Å²) in [5, 5.41) is 1.30. The van der Waals surface area contributed by atoms with Gasteiger partial charge in [-0.2, -0.15) is 0 Å². The molecule has 9 heteroatoms. The fraction of sp³-hybridized carbons (Fsp3) is 0.174. The standard InChI is InChI=1S/C23H19Cl2N3O3S/c1-2-14-4-3-5-16-15(11-27(21(14)16)12-20(26)29)9-19-22(30)28(23(31)32-19)10-13-6-7-17(24)18(25)8-13/h3-9,11H,2,10,12H2,1H3,(H2,26,29)/b19-9-. The molecular formula is C23H19Cl2N3O3S. The zero-order valence-electron chi connectivity index (χ0n) is 17.1. The van der Waals surface area contributed by atoms with E-state index in [0.29, 0.717) is 20.5 Å². The molecule has 2 N–H and O–H groups in total. The van der Waals surface area contributed by atoms with E-state index in [4.69, 9.17) is 28.9 Å². The molecule has 3 amide bonds. The average molecular weight is 488 g/mol. The topological polar surface area (TPSA) is 85.4 Å². The molecule has 164 valence electrons. The van der Waals surface area contributed by atoms with Crippen LogP contribution in [-0.4, -0.2) is 26.5 Å². The fourth-order valence-corrected chi connectivity index (χ4v) is 4.91. The molecule has 0 radical (unpaired) electrons. The lowest BCUT2D eigenvalue weighted by molar-refractivity contribution is -0.123. The first-order valence-corrected chi connectivity index (χ1v) is 11.4. The first-order chi connectivity index (χ1) is 15.3. The van der Waals surface area contributed by atoms with Gasteiger partial charge in [0, 0.05) is 17.1 Å². The molecule has 3 aromatic rings. The maximum Gasteiger partial charge on any atom is 0.293 e. The van der Waals surface area contributed by atoms with Crippen molar-refractivity contribution in [1.29, 1.82) is 0 Å². The number of hydrogen-bond donors (Lipinski definition) is 1. The van der Waals surface area contributed by atoms with Gasteiger partial charge in [-0.05, 0) is 47.5 Å². The molecule has 0 aliphatic carbocycles. The van der Waals surface area contributed by atoms with Crippen LogP contribution in [0.4, 0.5) is 4.79 Å². The number of hydrogen-bond acceptors (Lipinski definition) is 4. The van der Waals surface area contributed by atoms with Crippen LogP contribution in [0.2, 0.25) is 10.0 Å². The van der Waals surface area contributed by atoms with Crippen molar-refractivity contribution in [3.05, 3.63) is 74.2 Å². The van der Waals surface area contributed by atoms with E-state index in [1.165, 1.54) is 4.90 Å². The summed E-state index contributed by atoms with van der Waals surface area (Å²) in [4.78, 5) is 38.6. The summed E-state index contributed by atoms with van der Waals surface area (Å²) < 4.78 is 1.79. The van der Waals surface area contributed by atoms with Gasteiger partial charge in [0.05, 0.1) is 27.0 Å². The first kappa shape index (κ1) is 22.5. The molecule has 2 aromatic carbocycles. The van der Waals surface area contributed by atoms with Crippen LogP contribution in [0.5, 0.6) is 0 Å². The normalized spacial score (nSPS) is 15.3. The number of imide groups is 1. The molecule has 2 heterocycles. The van der Waals surface area contributed by atoms with E-state index in [0.717, 1.165) is 40.2 Å². The van der Waals surface area contributed by atoms with Gasteiger partial charge in [-0.25, -0.2) is 0 Å². The highest BCUT2D eigenvalue weighted by Gasteiger charge is 2.35. The van der Waals surface area contributed by atoms with Crippen LogP contribution in [0.15, 0.2) is 47.5 Å². The minimum Gasteiger partial charge on any atom is -0.368 e. The van der Waals surface area contributed by atoms with Crippen LogP contribution in [-0.2, 0) is 29.1 Å². The van der Waals surface area contributed by atoms with Crippen LogP contribution < -0.4 is 5.73 Å². The van der Waals surface area contributed by atoms with Crippen molar-refractivity contribution in [3.8, 4) is 0 Å². The van der Waals surface area contributed by atoms with Crippen LogP contribution >= 0.6 is 35.0 Å². The number of aromatic nitrogens is 1. The maximum absolute atomic E-state index is 13.0. The summed E-state index contributed by atoms with van der Waals surface area (Å²) in [6.45, 7) is 2.16. The Morgan fingerprint density at radius 3 is 2.62 bits per heavy atom. The summed E-state index contributed by atoms with van der Waals surface area (Å²) in [7, 11) is 0. The number of benzene rings is 2. The Bertz CT molecular complexity index is 1300. The molecule has 1 aliphatic heterocycles. The van der Waals surface area contributed by atoms with Crippen LogP contribution in [0, 0.1) is 0 Å². The Morgan fingerprint density at radius 2 is 1.94 bits per heavy atom. The molecule has 1 saturated heterocycles. The predicted octanol–water partition coefficient (Wildman–Crippen LogP) is 5.23. The average Bonchev–Trinajstić information content (AvgIpc) is 3.22. The van der Waals surface area contributed by atoms with E-state index >= 15 is 0 Å². The van der Waals surface area contributed by atoms with Gasteiger partial charge in [-0.15, -0.1) is 0 Å². The molecular weight excluding hydrogens is 469 g/mol. The molecule has 1 aromatic heterocycles. The van der Waals surface area contributed by atoms with Gasteiger partial charge >= 0.3 is 0 Å². The van der Waals surface area contributed by atoms with E-state index in [-0.39, 0.29) is 24.2 Å². The monoisotopic (exact) mass is 487 g/mol. The number of amides is 3. The molecule has 32 heavy (non-hydrogen) atoms. The van der Waals surface area contributed by atoms with Gasteiger partial charge in [0.1, 0.15) is 6.54 Å². The number of carbonyl (C=O) groups excluding carboxylic acids is 3. The number of rotatable bonds is 6. The third kappa shape index (κ3) is 4.28. The minimum absolute atomic E-state index is 0.0279. The number of nitrogens with zero attached hydrogens (tertiary/aromatic N) is 2. The van der Waals surface area contributed by atoms with Gasteiger partial charge in [-0.1, -0.05) is 54.4 Å². The number of thioether (sulfide) groups is 1. The lowest BCUT2D eigenvalue weighted by Crippen LogP contribution is -2.27. The molecule has 0 atom stereocenters. The van der Waals surface area contributed by atoms with E-state index in [1.807, 2.05) is 25.1 Å². The highest BCUT2D eigenvalue weighted by atomic mass is 35.5. The molecule has 6 nitrogen and oxygen atoms in total. The van der Waals surface area contributed by atoms with Crippen molar-refractivity contribution in [2.24, 2.45) is 5.73 Å². The second-order valence-corrected chi connectivity index (χ2v) is 9.17. The SMILES string of the molecule is CCc1cccc2c(/C=C3\SC(=O)N(Cc4ccc(Cl)c(Cl)c4)C3=O)cn(CC(N)=O)c12. The summed E-state index contributed by atoms with van der Waals surface area (Å²) in [6, 6.07) is 10.9. The fourth-order valence-electron chi connectivity index (χ4n) is 3.76. The number of aryl methyl sites for hydroxylation is 1. The molecule has 0 saturated carbocycles. The predicted molar refractivity (Wildman–Crippen MR) is 128 cm³/mol. The van der Waals surface area contributed by atoms with Crippen molar-refractivity contribution >= 4 is 69.0 Å². The Hall–Kier alpha value is -2.74. The van der Waals surface area contributed by atoms with E-state index < -0.39 is 5.91 Å². The molecule has 0 unspecified atom stereocenters. The smallest absolute Gasteiger partial charge is 0.293 e. The summed E-state index contributed by atoms with van der Waals surface area (Å²) in [6.07, 6.45) is 4.26. The van der Waals surface area contributed by atoms with Crippen molar-refractivity contribution in [2.75, 3.05) is 0 Å². The number of carbonyl (C=O) groups is 3. The minimum atomic E-state index is -0.457. The quantitative estimate of drug-likeness (QED) is 0.482. The molecule has 0 bridgehead atoms. The van der Waals surface area contributed by atoms with Gasteiger partial charge < -0.3 is 10.3 Å². The second kappa shape index (κ2) is 9.02. The number of fused-ring (bicyclic) bond motifs is 1. The summed E-state index contributed by atoms with van der Waals surface area (Å²) >= 11 is 12.9. The van der Waals surface area contributed by atoms with E-state index in [1.54, 1.807) is 35.0 Å². The number of primary amides is 1. The number of halogens is 2. The molecule has 1 aliphatic rings. The van der Waals surface area contributed by atoms with E-state index in [9.17, 15) is 14.4 Å². The number of nitrogens with two attached hydrogens (primary N) is 1. The lowest BCUT2D eigenvalue weighted by atomic mass is 10.1. The zero-order chi connectivity index (χ0) is 23.0. The largest absolute Gasteiger partial charge is 0.368 e. The van der Waals surface area contributed by atoms with Gasteiger partial charge in [0.2, 0.25) is 5.91 Å². The summed E-state index contributed by atoms with van der Waals surface area (Å²) in [5.41, 5.74) is 8.84. The van der Waals surface area contributed by atoms with E-state index in [2.05, 4.69) is 0 Å². The number of para-hydroxylation sites is 1. The highest BCUT2D eigenvalue weighted by Crippen LogP contribution is 2.36. The van der Waals surface area contributed by atoms with Gasteiger partial charge in [-0.3, -0.25) is 19.3 Å². The van der Waals surface area contributed by atoms with Crippen LogP contribution in [0.3, 0.4) is 0 Å². The van der Waals surface area contributed by atoms with Gasteiger partial charge in [0.25, 0.3) is 11.1 Å². The third-order valence-corrected chi connectivity index (χ3v) is 6.85. The molecule has 4 rings (SSSR count). The first-order valence-electron chi connectivity index (χ1n) is 9.86. The Morgan fingerprint density at radius 1 is 1.16 bits per heavy atom. The Labute approximate surface area is 198 Å². The lowest BCUT2D eigenvalue weighted by Gasteiger charge is -2.12. The zero-order valence-corrected chi connectivity index (χ0v) is 19.4. The van der Waals surface area contributed by atoms with Crippen molar-refractivity contribution < 1.29 is 14.4 Å². The Kier molecular flexibility index (Phi) is 6.33. The molecule has 0 spiro atoms. The third-order valence-electron chi connectivity index (χ3n) is 5.20. The molecule has 1 fully saturated rings.